The second-order valence-corrected chi connectivity index (χ2v) is 3.61. The second kappa shape index (κ2) is 1.98. The minimum atomic E-state index is 0.579. The molecule has 1 heteroatoms. The lowest BCUT2D eigenvalue weighted by molar-refractivity contribution is 0.0835. The summed E-state index contributed by atoms with van der Waals surface area (Å²) in [6.07, 6.45) is 7.12. The molecule has 2 rings (SSSR count). The van der Waals surface area contributed by atoms with Crippen LogP contribution in [0.3, 0.4) is 0 Å². The zero-order valence-corrected chi connectivity index (χ0v) is 5.84. The van der Waals surface area contributed by atoms with Crippen LogP contribution < -0.4 is 5.73 Å². The Labute approximate surface area is 56.6 Å². The van der Waals surface area contributed by atoms with E-state index in [1.807, 2.05) is 0 Å². The van der Waals surface area contributed by atoms with E-state index < -0.39 is 0 Å². The number of hydrogen-bond donors (Lipinski definition) is 1. The number of rotatable bonds is 0. The van der Waals surface area contributed by atoms with Crippen LogP contribution in [0.1, 0.15) is 32.1 Å². The molecule has 0 bridgehead atoms. The Morgan fingerprint density at radius 1 is 1.11 bits per heavy atom. The van der Waals surface area contributed by atoms with Crippen molar-refractivity contribution in [2.75, 3.05) is 0 Å². The van der Waals surface area contributed by atoms with Gasteiger partial charge in [0.2, 0.25) is 0 Å². The van der Waals surface area contributed by atoms with Crippen molar-refractivity contribution in [2.45, 2.75) is 38.1 Å². The molecular formula is C8H15N. The molecule has 0 saturated heterocycles. The number of hydrogen-bond acceptors (Lipinski definition) is 1. The molecule has 52 valence electrons. The van der Waals surface area contributed by atoms with E-state index in [4.69, 9.17) is 5.73 Å². The highest BCUT2D eigenvalue weighted by atomic mass is 14.7. The van der Waals surface area contributed by atoms with E-state index in [1.165, 1.54) is 32.1 Å². The lowest BCUT2D eigenvalue weighted by Gasteiger charge is -2.46. The molecule has 2 fully saturated rings. The van der Waals surface area contributed by atoms with Gasteiger partial charge in [-0.05, 0) is 24.7 Å². The molecule has 2 N–H and O–H groups in total. The Kier molecular flexibility index (Phi) is 1.26. The van der Waals surface area contributed by atoms with Crippen molar-refractivity contribution >= 4 is 0 Å². The van der Waals surface area contributed by atoms with Gasteiger partial charge in [0.1, 0.15) is 0 Å². The molecule has 0 spiro atoms. The van der Waals surface area contributed by atoms with Crippen molar-refractivity contribution in [1.29, 1.82) is 0 Å². The fourth-order valence-corrected chi connectivity index (χ4v) is 2.42. The van der Waals surface area contributed by atoms with Crippen LogP contribution in [0.4, 0.5) is 0 Å². The van der Waals surface area contributed by atoms with Crippen molar-refractivity contribution in [3.05, 3.63) is 0 Å². The highest BCUT2D eigenvalue weighted by Crippen LogP contribution is 2.43. The Morgan fingerprint density at radius 3 is 2.44 bits per heavy atom. The van der Waals surface area contributed by atoms with Gasteiger partial charge in [0.15, 0.2) is 0 Å². The van der Waals surface area contributed by atoms with E-state index in [0.29, 0.717) is 6.04 Å². The average Bonchev–Trinajstić information content (AvgIpc) is 1.86. The van der Waals surface area contributed by atoms with Gasteiger partial charge < -0.3 is 5.73 Å². The molecule has 0 aliphatic heterocycles. The first kappa shape index (κ1) is 5.72. The molecule has 0 aromatic heterocycles. The summed E-state index contributed by atoms with van der Waals surface area (Å²) in [5.74, 6) is 1.97. The maximum absolute atomic E-state index is 5.83. The normalized spacial score (nSPS) is 49.7. The molecule has 9 heavy (non-hydrogen) atoms. The van der Waals surface area contributed by atoms with Gasteiger partial charge in [-0.25, -0.2) is 0 Å². The summed E-state index contributed by atoms with van der Waals surface area (Å²) in [6.45, 7) is 0. The zero-order valence-electron chi connectivity index (χ0n) is 5.84. The first-order valence-corrected chi connectivity index (χ1v) is 4.13. The fraction of sp³-hybridized carbons (Fsp3) is 1.00. The van der Waals surface area contributed by atoms with Crippen LogP contribution in [0.25, 0.3) is 0 Å². The maximum atomic E-state index is 5.83. The van der Waals surface area contributed by atoms with Crippen molar-refractivity contribution < 1.29 is 0 Å². The number of nitrogens with two attached hydrogens (primary N) is 1. The molecule has 0 aromatic rings. The summed E-state index contributed by atoms with van der Waals surface area (Å²) in [5, 5.41) is 0. The molecule has 0 unspecified atom stereocenters. The lowest BCUT2D eigenvalue weighted by Crippen LogP contribution is -2.48. The summed E-state index contributed by atoms with van der Waals surface area (Å²) in [4.78, 5) is 0. The Morgan fingerprint density at radius 2 is 1.89 bits per heavy atom. The monoisotopic (exact) mass is 125 g/mol. The van der Waals surface area contributed by atoms with E-state index >= 15 is 0 Å². The van der Waals surface area contributed by atoms with Crippen LogP contribution in [-0.4, -0.2) is 6.04 Å². The third kappa shape index (κ3) is 0.787. The van der Waals surface area contributed by atoms with E-state index in [2.05, 4.69) is 0 Å². The summed E-state index contributed by atoms with van der Waals surface area (Å²) in [6, 6.07) is 0.579. The highest BCUT2D eigenvalue weighted by molar-refractivity contribution is 4.93. The molecule has 0 heterocycles. The third-order valence-corrected chi connectivity index (χ3v) is 3.09. The van der Waals surface area contributed by atoms with Gasteiger partial charge in [-0.2, -0.15) is 0 Å². The van der Waals surface area contributed by atoms with Crippen LogP contribution in [0, 0.1) is 11.8 Å². The molecule has 0 radical (unpaired) electrons. The molecule has 2 aliphatic rings. The lowest BCUT2D eigenvalue weighted by atomic mass is 9.62. The van der Waals surface area contributed by atoms with Crippen LogP contribution in [0.15, 0.2) is 0 Å². The summed E-state index contributed by atoms with van der Waals surface area (Å²) in [7, 11) is 0. The molecule has 0 amide bonds. The quantitative estimate of drug-likeness (QED) is 0.522. The van der Waals surface area contributed by atoms with E-state index in [9.17, 15) is 0 Å². The standard InChI is InChI=1S/C8H15N/c9-8-5-6-3-1-2-4-7(6)8/h6-8H,1-5,9H2/t6-,7-,8+/m1/s1. The molecule has 2 aliphatic carbocycles. The second-order valence-electron chi connectivity index (χ2n) is 3.61. The third-order valence-electron chi connectivity index (χ3n) is 3.09. The predicted molar refractivity (Wildman–Crippen MR) is 38.0 cm³/mol. The summed E-state index contributed by atoms with van der Waals surface area (Å²) >= 11 is 0. The van der Waals surface area contributed by atoms with E-state index in [0.717, 1.165) is 11.8 Å². The molecule has 3 atom stereocenters. The zero-order chi connectivity index (χ0) is 6.27. The maximum Gasteiger partial charge on any atom is 0.00725 e. The molecule has 1 nitrogen and oxygen atoms in total. The average molecular weight is 125 g/mol. The minimum Gasteiger partial charge on any atom is -0.327 e. The van der Waals surface area contributed by atoms with E-state index in [-0.39, 0.29) is 0 Å². The Hall–Kier alpha value is -0.0400. The largest absolute Gasteiger partial charge is 0.327 e. The van der Waals surface area contributed by atoms with Crippen molar-refractivity contribution in [1.82, 2.24) is 0 Å². The van der Waals surface area contributed by atoms with Crippen LogP contribution in [0.2, 0.25) is 0 Å². The van der Waals surface area contributed by atoms with Gasteiger partial charge in [-0.15, -0.1) is 0 Å². The Balaban J connectivity index is 1.94. The topological polar surface area (TPSA) is 26.0 Å². The fourth-order valence-electron chi connectivity index (χ4n) is 2.42. The van der Waals surface area contributed by atoms with Gasteiger partial charge in [0, 0.05) is 6.04 Å². The molecule has 0 aromatic carbocycles. The van der Waals surface area contributed by atoms with Gasteiger partial charge in [0.05, 0.1) is 0 Å². The first-order chi connectivity index (χ1) is 4.38. The smallest absolute Gasteiger partial charge is 0.00725 e. The van der Waals surface area contributed by atoms with Gasteiger partial charge in [-0.1, -0.05) is 19.3 Å². The van der Waals surface area contributed by atoms with Crippen molar-refractivity contribution in [3.8, 4) is 0 Å². The SMILES string of the molecule is N[C@H]1C[C@H]2CCCC[C@H]21. The van der Waals surface area contributed by atoms with E-state index in [1.54, 1.807) is 0 Å². The van der Waals surface area contributed by atoms with Crippen molar-refractivity contribution in [2.24, 2.45) is 17.6 Å². The highest BCUT2D eigenvalue weighted by Gasteiger charge is 2.39. The molecular weight excluding hydrogens is 110 g/mol. The van der Waals surface area contributed by atoms with Crippen LogP contribution in [-0.2, 0) is 0 Å². The summed E-state index contributed by atoms with van der Waals surface area (Å²) < 4.78 is 0. The Bertz CT molecular complexity index is 109. The minimum absolute atomic E-state index is 0.579. The van der Waals surface area contributed by atoms with Crippen LogP contribution >= 0.6 is 0 Å². The van der Waals surface area contributed by atoms with Gasteiger partial charge in [0.25, 0.3) is 0 Å². The van der Waals surface area contributed by atoms with Gasteiger partial charge >= 0.3 is 0 Å². The first-order valence-electron chi connectivity index (χ1n) is 4.13. The predicted octanol–water partition coefficient (Wildman–Crippen LogP) is 1.52. The van der Waals surface area contributed by atoms with Crippen LogP contribution in [0.5, 0.6) is 0 Å². The van der Waals surface area contributed by atoms with Gasteiger partial charge in [-0.3, -0.25) is 0 Å². The number of fused-ring (bicyclic) bond motifs is 1. The van der Waals surface area contributed by atoms with Crippen molar-refractivity contribution in [3.63, 3.8) is 0 Å². The summed E-state index contributed by atoms with van der Waals surface area (Å²) in [5.41, 5.74) is 5.83. The molecule has 2 saturated carbocycles.